The van der Waals surface area contributed by atoms with Crippen molar-refractivity contribution in [3.05, 3.63) is 34.2 Å². The molecule has 0 bridgehead atoms. The number of aryl methyl sites for hydroxylation is 1. The predicted molar refractivity (Wildman–Crippen MR) is 58.8 cm³/mol. The van der Waals surface area contributed by atoms with Crippen molar-refractivity contribution in [1.29, 1.82) is 0 Å². The zero-order valence-corrected chi connectivity index (χ0v) is 9.10. The number of methoxy groups -OCH3 is 1. The summed E-state index contributed by atoms with van der Waals surface area (Å²) in [6.45, 7) is 1.08. The number of nitrogens with zero attached hydrogens (tertiary/aromatic N) is 1. The van der Waals surface area contributed by atoms with Gasteiger partial charge in [0, 0.05) is 26.5 Å². The van der Waals surface area contributed by atoms with Crippen LogP contribution in [-0.4, -0.2) is 24.2 Å². The highest BCUT2D eigenvalue weighted by Gasteiger charge is 2.09. The molecule has 6 heteroatoms. The quantitative estimate of drug-likeness (QED) is 0.306. The molecule has 88 valence electrons. The summed E-state index contributed by atoms with van der Waals surface area (Å²) >= 11 is 0. The van der Waals surface area contributed by atoms with Gasteiger partial charge in [-0.2, -0.15) is 0 Å². The Hall–Kier alpha value is -1.66. The first-order valence-electron chi connectivity index (χ1n) is 4.90. The van der Waals surface area contributed by atoms with Crippen LogP contribution in [0, 0.1) is 0 Å². The summed E-state index contributed by atoms with van der Waals surface area (Å²) in [6, 6.07) is 3.08. The van der Waals surface area contributed by atoms with Gasteiger partial charge in [0.25, 0.3) is 11.5 Å². The third kappa shape index (κ3) is 2.91. The Morgan fingerprint density at radius 1 is 1.62 bits per heavy atom. The molecule has 0 saturated heterocycles. The molecule has 6 nitrogen and oxygen atoms in total. The van der Waals surface area contributed by atoms with Gasteiger partial charge in [0.15, 0.2) is 0 Å². The van der Waals surface area contributed by atoms with Gasteiger partial charge in [-0.25, -0.2) is 5.84 Å². The molecule has 3 N–H and O–H groups in total. The van der Waals surface area contributed by atoms with Crippen LogP contribution in [0.5, 0.6) is 0 Å². The smallest absolute Gasteiger partial charge is 0.270 e. The van der Waals surface area contributed by atoms with Crippen LogP contribution >= 0.6 is 0 Å². The van der Waals surface area contributed by atoms with Gasteiger partial charge in [0.05, 0.1) is 0 Å². The van der Waals surface area contributed by atoms with Crippen molar-refractivity contribution in [1.82, 2.24) is 9.99 Å². The molecular weight excluding hydrogens is 210 g/mol. The molecule has 1 amide bonds. The molecule has 0 radical (unpaired) electrons. The summed E-state index contributed by atoms with van der Waals surface area (Å²) in [5.41, 5.74) is 1.64. The Kier molecular flexibility index (Phi) is 4.68. The Balaban J connectivity index is 2.87. The monoisotopic (exact) mass is 225 g/mol. The Labute approximate surface area is 93.0 Å². The highest BCUT2D eigenvalue weighted by Crippen LogP contribution is 1.93. The van der Waals surface area contributed by atoms with Crippen molar-refractivity contribution in [3.8, 4) is 0 Å². The lowest BCUT2D eigenvalue weighted by molar-refractivity contribution is 0.0951. The number of nitrogens with one attached hydrogen (secondary N) is 1. The number of hydrogen-bond acceptors (Lipinski definition) is 4. The molecule has 0 aromatic carbocycles. The minimum Gasteiger partial charge on any atom is -0.385 e. The number of rotatable bonds is 5. The number of carbonyl (C=O) groups excluding carboxylic acids is 1. The summed E-state index contributed by atoms with van der Waals surface area (Å²) < 4.78 is 6.35. The molecule has 1 aromatic heterocycles. The maximum atomic E-state index is 11.8. The van der Waals surface area contributed by atoms with Crippen LogP contribution < -0.4 is 16.8 Å². The van der Waals surface area contributed by atoms with Gasteiger partial charge in [-0.05, 0) is 18.6 Å². The van der Waals surface area contributed by atoms with Crippen LogP contribution in [0.25, 0.3) is 0 Å². The van der Waals surface area contributed by atoms with E-state index in [1.165, 1.54) is 10.6 Å². The van der Waals surface area contributed by atoms with Crippen molar-refractivity contribution in [2.45, 2.75) is 13.0 Å². The zero-order valence-electron chi connectivity index (χ0n) is 9.10. The van der Waals surface area contributed by atoms with Crippen LogP contribution in [0.1, 0.15) is 16.8 Å². The second-order valence-electron chi connectivity index (χ2n) is 3.24. The second-order valence-corrected chi connectivity index (χ2v) is 3.24. The standard InChI is InChI=1S/C10H15N3O3/c1-16-7-3-6-13-5-2-4-8(10(13)15)9(14)12-11/h2,4-5H,3,6-7,11H2,1H3,(H,12,14). The van der Waals surface area contributed by atoms with Gasteiger partial charge in [-0.15, -0.1) is 0 Å². The van der Waals surface area contributed by atoms with E-state index in [9.17, 15) is 9.59 Å². The normalized spacial score (nSPS) is 10.1. The van der Waals surface area contributed by atoms with Gasteiger partial charge in [0.1, 0.15) is 5.56 Å². The van der Waals surface area contributed by atoms with Gasteiger partial charge >= 0.3 is 0 Å². The second kappa shape index (κ2) is 6.04. The van der Waals surface area contributed by atoms with Crippen molar-refractivity contribution >= 4 is 5.91 Å². The van der Waals surface area contributed by atoms with Crippen LogP contribution in [0.3, 0.4) is 0 Å². The van der Waals surface area contributed by atoms with Crippen LogP contribution in [-0.2, 0) is 11.3 Å². The number of carbonyl (C=O) groups is 1. The van der Waals surface area contributed by atoms with E-state index in [1.54, 1.807) is 19.4 Å². The molecule has 0 spiro atoms. The fraction of sp³-hybridized carbons (Fsp3) is 0.400. The molecule has 16 heavy (non-hydrogen) atoms. The summed E-state index contributed by atoms with van der Waals surface area (Å²) in [6.07, 6.45) is 2.34. The Bertz CT molecular complexity index is 414. The number of aromatic nitrogens is 1. The number of hydrogen-bond donors (Lipinski definition) is 2. The Morgan fingerprint density at radius 2 is 2.38 bits per heavy atom. The lowest BCUT2D eigenvalue weighted by Crippen LogP contribution is -2.36. The SMILES string of the molecule is COCCCn1cccc(C(=O)NN)c1=O. The van der Waals surface area contributed by atoms with E-state index in [0.29, 0.717) is 19.6 Å². The fourth-order valence-electron chi connectivity index (χ4n) is 1.34. The zero-order chi connectivity index (χ0) is 12.0. The third-order valence-corrected chi connectivity index (χ3v) is 2.14. The maximum absolute atomic E-state index is 11.8. The van der Waals surface area contributed by atoms with Crippen molar-refractivity contribution in [2.75, 3.05) is 13.7 Å². The summed E-state index contributed by atoms with van der Waals surface area (Å²) in [5, 5.41) is 0. The van der Waals surface area contributed by atoms with Crippen LogP contribution in [0.15, 0.2) is 23.1 Å². The highest BCUT2D eigenvalue weighted by molar-refractivity contribution is 5.93. The average molecular weight is 225 g/mol. The van der Waals surface area contributed by atoms with Gasteiger partial charge in [-0.1, -0.05) is 0 Å². The number of nitrogen functional groups attached to an aromatic ring is 1. The molecule has 0 aliphatic heterocycles. The lowest BCUT2D eigenvalue weighted by Gasteiger charge is -2.06. The van der Waals surface area contributed by atoms with Gasteiger partial charge in [0.2, 0.25) is 0 Å². The molecule has 1 heterocycles. The molecule has 0 fully saturated rings. The van der Waals surface area contributed by atoms with Crippen LogP contribution in [0.2, 0.25) is 0 Å². The van der Waals surface area contributed by atoms with E-state index in [0.717, 1.165) is 0 Å². The van der Waals surface area contributed by atoms with E-state index < -0.39 is 5.91 Å². The number of pyridine rings is 1. The van der Waals surface area contributed by atoms with E-state index >= 15 is 0 Å². The highest BCUT2D eigenvalue weighted by atomic mass is 16.5. The van der Waals surface area contributed by atoms with E-state index in [4.69, 9.17) is 10.6 Å². The topological polar surface area (TPSA) is 86.3 Å². The lowest BCUT2D eigenvalue weighted by atomic mass is 10.2. The number of amides is 1. The number of nitrogens with two attached hydrogens (primary N) is 1. The number of ether oxygens (including phenoxy) is 1. The van der Waals surface area contributed by atoms with Gasteiger partial charge in [-0.3, -0.25) is 15.0 Å². The first-order chi connectivity index (χ1) is 7.70. The average Bonchev–Trinajstić information content (AvgIpc) is 2.30. The van der Waals surface area contributed by atoms with Crippen LogP contribution in [0.4, 0.5) is 0 Å². The van der Waals surface area contributed by atoms with Gasteiger partial charge < -0.3 is 9.30 Å². The molecule has 1 rings (SSSR count). The fourth-order valence-corrected chi connectivity index (χ4v) is 1.34. The summed E-state index contributed by atoms with van der Waals surface area (Å²) in [4.78, 5) is 23.0. The third-order valence-electron chi connectivity index (χ3n) is 2.14. The molecular formula is C10H15N3O3. The first kappa shape index (κ1) is 12.4. The number of hydrazine groups is 1. The predicted octanol–water partition coefficient (Wildman–Crippen LogP) is -0.512. The van der Waals surface area contributed by atoms with Crippen molar-refractivity contribution < 1.29 is 9.53 Å². The molecule has 0 unspecified atom stereocenters. The molecule has 0 aliphatic rings. The van der Waals surface area contributed by atoms with E-state index in [-0.39, 0.29) is 11.1 Å². The largest absolute Gasteiger partial charge is 0.385 e. The van der Waals surface area contributed by atoms with Crippen molar-refractivity contribution in [2.24, 2.45) is 5.84 Å². The maximum Gasteiger partial charge on any atom is 0.270 e. The molecule has 0 aliphatic carbocycles. The minimum absolute atomic E-state index is 0.0439. The first-order valence-corrected chi connectivity index (χ1v) is 4.90. The minimum atomic E-state index is -0.578. The summed E-state index contributed by atoms with van der Waals surface area (Å²) in [5.74, 6) is 4.40. The Morgan fingerprint density at radius 3 is 3.00 bits per heavy atom. The molecule has 0 atom stereocenters. The summed E-state index contributed by atoms with van der Waals surface area (Å²) in [7, 11) is 1.60. The van der Waals surface area contributed by atoms with Crippen molar-refractivity contribution in [3.63, 3.8) is 0 Å². The molecule has 0 saturated carbocycles. The van der Waals surface area contributed by atoms with E-state index in [2.05, 4.69) is 0 Å². The molecule has 1 aromatic rings. The van der Waals surface area contributed by atoms with E-state index in [1.807, 2.05) is 5.43 Å².